The van der Waals surface area contributed by atoms with Crippen LogP contribution in [0.2, 0.25) is 0 Å². The minimum atomic E-state index is -3.38. The van der Waals surface area contributed by atoms with Gasteiger partial charge in [-0.3, -0.25) is 4.79 Å². The van der Waals surface area contributed by atoms with Crippen LogP contribution in [-0.4, -0.2) is 67.1 Å². The van der Waals surface area contributed by atoms with Crippen LogP contribution in [0.1, 0.15) is 40.3 Å². The van der Waals surface area contributed by atoms with E-state index in [4.69, 9.17) is 4.42 Å². The highest BCUT2D eigenvalue weighted by Crippen LogP contribution is 2.24. The van der Waals surface area contributed by atoms with E-state index >= 15 is 0 Å². The molecule has 0 atom stereocenters. The van der Waals surface area contributed by atoms with Crippen molar-refractivity contribution < 1.29 is 17.6 Å². The van der Waals surface area contributed by atoms with Gasteiger partial charge in [-0.2, -0.15) is 17.0 Å². The van der Waals surface area contributed by atoms with Gasteiger partial charge in [-0.25, -0.2) is 0 Å². The van der Waals surface area contributed by atoms with Crippen molar-refractivity contribution >= 4 is 16.1 Å². The Morgan fingerprint density at radius 1 is 0.875 bits per heavy atom. The summed E-state index contributed by atoms with van der Waals surface area (Å²) in [6, 6.07) is 0. The van der Waals surface area contributed by atoms with Gasteiger partial charge in [-0.05, 0) is 33.6 Å². The molecule has 0 radical (unpaired) electrons. The largest absolute Gasteiger partial charge is 0.466 e. The lowest BCUT2D eigenvalue weighted by molar-refractivity contribution is 0.0692. The fourth-order valence-corrected chi connectivity index (χ4v) is 5.14. The molecule has 2 saturated heterocycles. The highest BCUT2D eigenvalue weighted by molar-refractivity contribution is 7.86. The maximum Gasteiger partial charge on any atom is 0.282 e. The van der Waals surface area contributed by atoms with Crippen molar-refractivity contribution in [3.05, 3.63) is 22.6 Å². The summed E-state index contributed by atoms with van der Waals surface area (Å²) in [5.41, 5.74) is 1.48. The van der Waals surface area contributed by atoms with Gasteiger partial charge in [0.15, 0.2) is 0 Å². The molecule has 24 heavy (non-hydrogen) atoms. The molecule has 0 unspecified atom stereocenters. The first-order chi connectivity index (χ1) is 11.3. The minimum absolute atomic E-state index is 0.0694. The van der Waals surface area contributed by atoms with Gasteiger partial charge >= 0.3 is 0 Å². The van der Waals surface area contributed by atoms with E-state index < -0.39 is 10.2 Å². The molecule has 2 aliphatic rings. The van der Waals surface area contributed by atoms with Crippen molar-refractivity contribution in [2.45, 2.75) is 33.6 Å². The van der Waals surface area contributed by atoms with Crippen LogP contribution in [0.4, 0.5) is 0 Å². The average molecular weight is 355 g/mol. The monoisotopic (exact) mass is 355 g/mol. The quantitative estimate of drug-likeness (QED) is 0.819. The molecule has 0 saturated carbocycles. The van der Waals surface area contributed by atoms with Crippen LogP contribution in [0.3, 0.4) is 0 Å². The van der Waals surface area contributed by atoms with Crippen molar-refractivity contribution in [1.29, 1.82) is 0 Å². The number of carbonyl (C=O) groups is 1. The molecule has 7 nitrogen and oxygen atoms in total. The first-order valence-corrected chi connectivity index (χ1v) is 9.83. The number of carbonyl (C=O) groups excluding carboxylic acids is 1. The molecule has 2 aliphatic heterocycles. The summed E-state index contributed by atoms with van der Waals surface area (Å²) in [4.78, 5) is 14.5. The Kier molecular flexibility index (Phi) is 4.72. The first-order valence-electron chi connectivity index (χ1n) is 8.43. The third-order valence-corrected chi connectivity index (χ3v) is 7.05. The maximum absolute atomic E-state index is 12.8. The van der Waals surface area contributed by atoms with Gasteiger partial charge < -0.3 is 9.32 Å². The van der Waals surface area contributed by atoms with Crippen LogP contribution >= 0.6 is 0 Å². The molecule has 134 valence electrons. The normalized spacial score (nSPS) is 20.7. The van der Waals surface area contributed by atoms with Crippen LogP contribution < -0.4 is 0 Å². The van der Waals surface area contributed by atoms with E-state index in [1.54, 1.807) is 16.1 Å². The number of furan rings is 1. The Hall–Kier alpha value is -1.38. The SMILES string of the molecule is Cc1oc(C)c(C(=O)N2CCN(S(=O)(=O)N3CCCC3)CC2)c1C. The van der Waals surface area contributed by atoms with Crippen molar-refractivity contribution in [2.75, 3.05) is 39.3 Å². The smallest absolute Gasteiger partial charge is 0.282 e. The van der Waals surface area contributed by atoms with E-state index in [1.165, 1.54) is 4.31 Å². The lowest BCUT2D eigenvalue weighted by Crippen LogP contribution is -2.53. The third kappa shape index (κ3) is 2.98. The summed E-state index contributed by atoms with van der Waals surface area (Å²) in [6.45, 7) is 8.25. The van der Waals surface area contributed by atoms with E-state index in [0.717, 1.165) is 24.2 Å². The number of hydrogen-bond acceptors (Lipinski definition) is 4. The lowest BCUT2D eigenvalue weighted by Gasteiger charge is -2.35. The molecule has 0 spiro atoms. The van der Waals surface area contributed by atoms with Crippen LogP contribution in [0.25, 0.3) is 0 Å². The summed E-state index contributed by atoms with van der Waals surface area (Å²) in [6.07, 6.45) is 1.85. The predicted octanol–water partition coefficient (Wildman–Crippen LogP) is 1.30. The van der Waals surface area contributed by atoms with Crippen LogP contribution in [0, 0.1) is 20.8 Å². The van der Waals surface area contributed by atoms with E-state index in [0.29, 0.717) is 50.6 Å². The molecule has 3 rings (SSSR count). The van der Waals surface area contributed by atoms with Gasteiger partial charge in [0, 0.05) is 44.8 Å². The van der Waals surface area contributed by atoms with E-state index in [2.05, 4.69) is 0 Å². The molecule has 1 aromatic rings. The van der Waals surface area contributed by atoms with Crippen molar-refractivity contribution in [3.8, 4) is 0 Å². The molecule has 8 heteroatoms. The topological polar surface area (TPSA) is 74.1 Å². The summed E-state index contributed by atoms with van der Waals surface area (Å²) in [7, 11) is -3.38. The molecule has 0 N–H and O–H groups in total. The highest BCUT2D eigenvalue weighted by atomic mass is 32.2. The van der Waals surface area contributed by atoms with Gasteiger partial charge in [-0.1, -0.05) is 0 Å². The second-order valence-electron chi connectivity index (χ2n) is 6.52. The van der Waals surface area contributed by atoms with Gasteiger partial charge in [0.25, 0.3) is 16.1 Å². The highest BCUT2D eigenvalue weighted by Gasteiger charge is 2.35. The summed E-state index contributed by atoms with van der Waals surface area (Å²) in [5, 5.41) is 0. The lowest BCUT2D eigenvalue weighted by atomic mass is 10.1. The average Bonchev–Trinajstić information content (AvgIpc) is 3.17. The number of nitrogens with zero attached hydrogens (tertiary/aromatic N) is 3. The molecule has 0 bridgehead atoms. The van der Waals surface area contributed by atoms with Crippen molar-refractivity contribution in [2.24, 2.45) is 0 Å². The Morgan fingerprint density at radius 3 is 1.92 bits per heavy atom. The fraction of sp³-hybridized carbons (Fsp3) is 0.688. The number of piperazine rings is 1. The summed E-state index contributed by atoms with van der Waals surface area (Å²) < 4.78 is 33.8. The van der Waals surface area contributed by atoms with E-state index in [-0.39, 0.29) is 5.91 Å². The number of hydrogen-bond donors (Lipinski definition) is 0. The number of rotatable bonds is 3. The summed E-state index contributed by atoms with van der Waals surface area (Å²) in [5.74, 6) is 1.31. The molecule has 1 amide bonds. The number of amides is 1. The van der Waals surface area contributed by atoms with Gasteiger partial charge in [0.2, 0.25) is 0 Å². The molecule has 0 aromatic carbocycles. The Balaban J connectivity index is 1.67. The molecular formula is C16H25N3O4S. The van der Waals surface area contributed by atoms with Crippen molar-refractivity contribution in [3.63, 3.8) is 0 Å². The fourth-order valence-electron chi connectivity index (χ4n) is 3.47. The first kappa shape index (κ1) is 17.4. The maximum atomic E-state index is 12.8. The Bertz CT molecular complexity index is 727. The zero-order valence-corrected chi connectivity index (χ0v) is 15.4. The molecule has 0 aliphatic carbocycles. The zero-order valence-electron chi connectivity index (χ0n) is 14.5. The Labute approximate surface area is 143 Å². The zero-order chi connectivity index (χ0) is 17.5. The van der Waals surface area contributed by atoms with Gasteiger partial charge in [0.1, 0.15) is 11.5 Å². The van der Waals surface area contributed by atoms with Crippen LogP contribution in [0.5, 0.6) is 0 Å². The molecular weight excluding hydrogens is 330 g/mol. The summed E-state index contributed by atoms with van der Waals surface area (Å²) >= 11 is 0. The van der Waals surface area contributed by atoms with Gasteiger partial charge in [0.05, 0.1) is 5.56 Å². The Morgan fingerprint density at radius 2 is 1.42 bits per heavy atom. The second-order valence-corrected chi connectivity index (χ2v) is 8.45. The standard InChI is InChI=1S/C16H25N3O4S/c1-12-13(2)23-14(3)15(12)16(20)17-8-10-19(11-9-17)24(21,22)18-6-4-5-7-18/h4-11H2,1-3H3. The number of aryl methyl sites for hydroxylation is 2. The van der Waals surface area contributed by atoms with Crippen molar-refractivity contribution in [1.82, 2.24) is 13.5 Å². The molecule has 2 fully saturated rings. The second kappa shape index (κ2) is 6.50. The third-order valence-electron chi connectivity index (χ3n) is 5.02. The predicted molar refractivity (Wildman–Crippen MR) is 90.1 cm³/mol. The van der Waals surface area contributed by atoms with E-state index in [9.17, 15) is 13.2 Å². The van der Waals surface area contributed by atoms with Crippen LogP contribution in [0.15, 0.2) is 4.42 Å². The van der Waals surface area contributed by atoms with Crippen LogP contribution in [-0.2, 0) is 10.2 Å². The minimum Gasteiger partial charge on any atom is -0.466 e. The van der Waals surface area contributed by atoms with E-state index in [1.807, 2.05) is 13.8 Å². The van der Waals surface area contributed by atoms with Gasteiger partial charge in [-0.15, -0.1) is 0 Å². The molecule has 1 aromatic heterocycles. The molecule has 3 heterocycles.